The SMILES string of the molecule is COc1ccc(NC(=O)c2cccc(NC(N)=O)c2)cc1. The zero-order valence-electron chi connectivity index (χ0n) is 11.4. The minimum Gasteiger partial charge on any atom is -0.497 e. The van der Waals surface area contributed by atoms with Crippen LogP contribution < -0.4 is 21.1 Å². The summed E-state index contributed by atoms with van der Waals surface area (Å²) in [7, 11) is 1.57. The molecule has 0 saturated heterocycles. The van der Waals surface area contributed by atoms with E-state index in [2.05, 4.69) is 10.6 Å². The van der Waals surface area contributed by atoms with E-state index in [0.29, 0.717) is 22.7 Å². The fourth-order valence-corrected chi connectivity index (χ4v) is 1.76. The molecule has 0 heterocycles. The molecule has 0 aliphatic carbocycles. The number of nitrogens with one attached hydrogen (secondary N) is 2. The van der Waals surface area contributed by atoms with Crippen molar-refractivity contribution in [3.05, 3.63) is 54.1 Å². The smallest absolute Gasteiger partial charge is 0.316 e. The Labute approximate surface area is 121 Å². The van der Waals surface area contributed by atoms with Crippen molar-refractivity contribution >= 4 is 23.3 Å². The van der Waals surface area contributed by atoms with E-state index in [4.69, 9.17) is 10.5 Å². The Morgan fingerprint density at radius 2 is 1.71 bits per heavy atom. The monoisotopic (exact) mass is 285 g/mol. The molecule has 0 radical (unpaired) electrons. The summed E-state index contributed by atoms with van der Waals surface area (Å²) in [4.78, 5) is 22.9. The van der Waals surface area contributed by atoms with Crippen LogP contribution in [0.3, 0.4) is 0 Å². The van der Waals surface area contributed by atoms with Gasteiger partial charge < -0.3 is 21.1 Å². The number of hydrogen-bond acceptors (Lipinski definition) is 3. The van der Waals surface area contributed by atoms with Crippen LogP contribution in [-0.2, 0) is 0 Å². The van der Waals surface area contributed by atoms with Crippen LogP contribution >= 0.6 is 0 Å². The van der Waals surface area contributed by atoms with E-state index in [-0.39, 0.29) is 5.91 Å². The molecule has 0 aromatic heterocycles. The van der Waals surface area contributed by atoms with Crippen molar-refractivity contribution in [2.45, 2.75) is 0 Å². The van der Waals surface area contributed by atoms with Crippen LogP contribution in [0, 0.1) is 0 Å². The van der Waals surface area contributed by atoms with Crippen LogP contribution in [0.25, 0.3) is 0 Å². The molecule has 0 bridgehead atoms. The number of methoxy groups -OCH3 is 1. The first kappa shape index (κ1) is 14.4. The van der Waals surface area contributed by atoms with E-state index in [9.17, 15) is 9.59 Å². The van der Waals surface area contributed by atoms with Gasteiger partial charge in [0, 0.05) is 16.9 Å². The second-order valence-electron chi connectivity index (χ2n) is 4.25. The van der Waals surface area contributed by atoms with Crippen LogP contribution in [0.1, 0.15) is 10.4 Å². The third-order valence-corrected chi connectivity index (χ3v) is 2.74. The molecule has 2 rings (SSSR count). The zero-order valence-corrected chi connectivity index (χ0v) is 11.4. The molecule has 0 atom stereocenters. The van der Waals surface area contributed by atoms with Crippen LogP contribution in [0.5, 0.6) is 5.75 Å². The molecule has 21 heavy (non-hydrogen) atoms. The number of amides is 3. The fourth-order valence-electron chi connectivity index (χ4n) is 1.76. The molecule has 2 aromatic carbocycles. The van der Waals surface area contributed by atoms with Crippen molar-refractivity contribution in [1.82, 2.24) is 0 Å². The molecular formula is C15H15N3O3. The molecule has 2 aromatic rings. The lowest BCUT2D eigenvalue weighted by molar-refractivity contribution is 0.102. The third-order valence-electron chi connectivity index (χ3n) is 2.74. The van der Waals surface area contributed by atoms with Gasteiger partial charge in [-0.15, -0.1) is 0 Å². The highest BCUT2D eigenvalue weighted by molar-refractivity contribution is 6.05. The number of nitrogens with two attached hydrogens (primary N) is 1. The van der Waals surface area contributed by atoms with Gasteiger partial charge in [-0.3, -0.25) is 4.79 Å². The molecule has 6 heteroatoms. The van der Waals surface area contributed by atoms with Gasteiger partial charge in [0.25, 0.3) is 5.91 Å². The highest BCUT2D eigenvalue weighted by atomic mass is 16.5. The summed E-state index contributed by atoms with van der Waals surface area (Å²) in [6.45, 7) is 0. The molecule has 108 valence electrons. The average molecular weight is 285 g/mol. The maximum absolute atomic E-state index is 12.1. The summed E-state index contributed by atoms with van der Waals surface area (Å²) in [6.07, 6.45) is 0. The number of carbonyl (C=O) groups is 2. The molecular weight excluding hydrogens is 270 g/mol. The van der Waals surface area contributed by atoms with Gasteiger partial charge in [-0.25, -0.2) is 4.79 Å². The van der Waals surface area contributed by atoms with Gasteiger partial charge in [-0.1, -0.05) is 6.07 Å². The van der Waals surface area contributed by atoms with Gasteiger partial charge in [0.2, 0.25) is 0 Å². The lowest BCUT2D eigenvalue weighted by Gasteiger charge is -2.08. The Balaban J connectivity index is 2.10. The van der Waals surface area contributed by atoms with Gasteiger partial charge >= 0.3 is 6.03 Å². The van der Waals surface area contributed by atoms with Gasteiger partial charge in [0.1, 0.15) is 5.75 Å². The summed E-state index contributed by atoms with van der Waals surface area (Å²) in [5.74, 6) is 0.425. The fraction of sp³-hybridized carbons (Fsp3) is 0.0667. The van der Waals surface area contributed by atoms with Gasteiger partial charge in [-0.2, -0.15) is 0 Å². The number of rotatable bonds is 4. The highest BCUT2D eigenvalue weighted by Gasteiger charge is 2.07. The Morgan fingerprint density at radius 1 is 1.00 bits per heavy atom. The average Bonchev–Trinajstić information content (AvgIpc) is 2.47. The molecule has 0 fully saturated rings. The molecule has 0 unspecified atom stereocenters. The number of urea groups is 1. The van der Waals surface area contributed by atoms with E-state index in [1.807, 2.05) is 0 Å². The topological polar surface area (TPSA) is 93.4 Å². The lowest BCUT2D eigenvalue weighted by atomic mass is 10.2. The van der Waals surface area contributed by atoms with E-state index >= 15 is 0 Å². The number of carbonyl (C=O) groups excluding carboxylic acids is 2. The lowest BCUT2D eigenvalue weighted by Crippen LogP contribution is -2.19. The molecule has 4 N–H and O–H groups in total. The molecule has 0 saturated carbocycles. The van der Waals surface area contributed by atoms with Crippen LogP contribution in [0.4, 0.5) is 16.2 Å². The van der Waals surface area contributed by atoms with E-state index < -0.39 is 6.03 Å². The number of hydrogen-bond donors (Lipinski definition) is 3. The molecule has 0 spiro atoms. The normalized spacial score (nSPS) is 9.76. The number of benzene rings is 2. The zero-order chi connectivity index (χ0) is 15.2. The van der Waals surface area contributed by atoms with E-state index in [1.54, 1.807) is 55.6 Å². The first-order valence-electron chi connectivity index (χ1n) is 6.20. The van der Waals surface area contributed by atoms with Crippen molar-refractivity contribution in [2.75, 3.05) is 17.7 Å². The largest absolute Gasteiger partial charge is 0.497 e. The summed E-state index contributed by atoms with van der Waals surface area (Å²) >= 11 is 0. The van der Waals surface area contributed by atoms with Crippen molar-refractivity contribution < 1.29 is 14.3 Å². The summed E-state index contributed by atoms with van der Waals surface area (Å²) in [5.41, 5.74) is 6.56. The first-order valence-corrected chi connectivity index (χ1v) is 6.20. The Morgan fingerprint density at radius 3 is 2.33 bits per heavy atom. The van der Waals surface area contributed by atoms with Gasteiger partial charge in [0.05, 0.1) is 7.11 Å². The van der Waals surface area contributed by atoms with E-state index in [0.717, 1.165) is 0 Å². The highest BCUT2D eigenvalue weighted by Crippen LogP contribution is 2.17. The van der Waals surface area contributed by atoms with Crippen molar-refractivity contribution in [1.29, 1.82) is 0 Å². The second-order valence-corrected chi connectivity index (χ2v) is 4.25. The predicted octanol–water partition coefficient (Wildman–Crippen LogP) is 2.44. The van der Waals surface area contributed by atoms with Crippen molar-refractivity contribution in [2.24, 2.45) is 5.73 Å². The van der Waals surface area contributed by atoms with E-state index in [1.165, 1.54) is 0 Å². The predicted molar refractivity (Wildman–Crippen MR) is 80.6 cm³/mol. The minimum absolute atomic E-state index is 0.284. The number of ether oxygens (including phenoxy) is 1. The molecule has 0 aliphatic heterocycles. The van der Waals surface area contributed by atoms with Crippen LogP contribution in [0.15, 0.2) is 48.5 Å². The molecule has 3 amide bonds. The number of primary amides is 1. The Hall–Kier alpha value is -3.02. The summed E-state index contributed by atoms with van der Waals surface area (Å²) in [6, 6.07) is 12.8. The van der Waals surface area contributed by atoms with Gasteiger partial charge in [-0.05, 0) is 42.5 Å². The molecule has 0 aliphatic rings. The Bertz CT molecular complexity index is 653. The summed E-state index contributed by atoms with van der Waals surface area (Å²) in [5, 5.41) is 5.17. The maximum atomic E-state index is 12.1. The molecule has 6 nitrogen and oxygen atoms in total. The Kier molecular flexibility index (Phi) is 4.40. The number of anilines is 2. The van der Waals surface area contributed by atoms with Crippen LogP contribution in [-0.4, -0.2) is 19.0 Å². The standard InChI is InChI=1S/C15H15N3O3/c1-21-13-7-5-11(6-8-13)17-14(19)10-3-2-4-12(9-10)18-15(16)20/h2-9H,1H3,(H,17,19)(H3,16,18,20). The van der Waals surface area contributed by atoms with Crippen LogP contribution in [0.2, 0.25) is 0 Å². The third kappa shape index (κ3) is 3.97. The van der Waals surface area contributed by atoms with Crippen molar-refractivity contribution in [3.63, 3.8) is 0 Å². The summed E-state index contributed by atoms with van der Waals surface area (Å²) < 4.78 is 5.05. The van der Waals surface area contributed by atoms with Gasteiger partial charge in [0.15, 0.2) is 0 Å². The second kappa shape index (κ2) is 6.42. The quantitative estimate of drug-likeness (QED) is 0.805. The van der Waals surface area contributed by atoms with Crippen molar-refractivity contribution in [3.8, 4) is 5.75 Å². The maximum Gasteiger partial charge on any atom is 0.316 e. The minimum atomic E-state index is -0.678. The first-order chi connectivity index (χ1) is 10.1.